The molecule has 0 radical (unpaired) electrons. The van der Waals surface area contributed by atoms with Crippen molar-refractivity contribution in [2.75, 3.05) is 81.6 Å². The zero-order chi connectivity index (χ0) is 22.5. The zero-order valence-electron chi connectivity index (χ0n) is 18.7. The van der Waals surface area contributed by atoms with Crippen molar-refractivity contribution in [1.29, 1.82) is 0 Å². The van der Waals surface area contributed by atoms with E-state index in [9.17, 15) is 9.90 Å². The molecule has 0 saturated carbocycles. The first-order valence-electron chi connectivity index (χ1n) is 11.0. The highest BCUT2D eigenvalue weighted by Crippen LogP contribution is 2.19. The molecule has 2 fully saturated rings. The minimum Gasteiger partial charge on any atom is -0.508 e. The topological polar surface area (TPSA) is 113 Å². The molecule has 32 heavy (non-hydrogen) atoms. The molecule has 0 spiro atoms. The van der Waals surface area contributed by atoms with Crippen molar-refractivity contribution >= 4 is 23.9 Å². The summed E-state index contributed by atoms with van der Waals surface area (Å²) >= 11 is 0. The van der Waals surface area contributed by atoms with Crippen molar-refractivity contribution in [2.24, 2.45) is 0 Å². The van der Waals surface area contributed by atoms with Gasteiger partial charge >= 0.3 is 6.03 Å². The number of phenols is 1. The summed E-state index contributed by atoms with van der Waals surface area (Å²) < 4.78 is 0. The minimum absolute atomic E-state index is 0.141. The predicted molar refractivity (Wildman–Crippen MR) is 123 cm³/mol. The van der Waals surface area contributed by atoms with Gasteiger partial charge in [0.25, 0.3) is 0 Å². The largest absolute Gasteiger partial charge is 0.508 e. The lowest BCUT2D eigenvalue weighted by molar-refractivity contribution is 0.193. The molecule has 2 aliphatic heterocycles. The van der Waals surface area contributed by atoms with E-state index in [-0.39, 0.29) is 11.8 Å². The SMILES string of the molecule is CNc1nc(N2CCN(C)CC2)nc(N2CCN(C(=O)NCc3ccccc3O)CC2)n1. The normalized spacial score (nSPS) is 17.4. The number of nitrogens with one attached hydrogen (secondary N) is 2. The van der Waals surface area contributed by atoms with Crippen molar-refractivity contribution in [3.05, 3.63) is 29.8 Å². The van der Waals surface area contributed by atoms with E-state index in [1.807, 2.05) is 6.07 Å². The molecular formula is C21H31N9O2. The van der Waals surface area contributed by atoms with Gasteiger partial charge in [0.15, 0.2) is 0 Å². The molecule has 11 heteroatoms. The maximum atomic E-state index is 12.6. The molecule has 2 saturated heterocycles. The molecule has 0 unspecified atom stereocenters. The van der Waals surface area contributed by atoms with Gasteiger partial charge in [-0.1, -0.05) is 18.2 Å². The highest BCUT2D eigenvalue weighted by atomic mass is 16.3. The van der Waals surface area contributed by atoms with Crippen molar-refractivity contribution in [3.63, 3.8) is 0 Å². The number of anilines is 3. The van der Waals surface area contributed by atoms with Gasteiger partial charge in [-0.25, -0.2) is 4.79 Å². The van der Waals surface area contributed by atoms with Crippen LogP contribution in [0.15, 0.2) is 24.3 Å². The lowest BCUT2D eigenvalue weighted by Gasteiger charge is -2.36. The number of nitrogens with zero attached hydrogens (tertiary/aromatic N) is 7. The van der Waals surface area contributed by atoms with Crippen LogP contribution in [0.4, 0.5) is 22.6 Å². The van der Waals surface area contributed by atoms with Gasteiger partial charge in [0.2, 0.25) is 17.8 Å². The summed E-state index contributed by atoms with van der Waals surface area (Å²) in [4.78, 5) is 34.8. The summed E-state index contributed by atoms with van der Waals surface area (Å²) in [5.74, 6) is 2.05. The van der Waals surface area contributed by atoms with Crippen LogP contribution in [0.1, 0.15) is 5.56 Å². The zero-order valence-corrected chi connectivity index (χ0v) is 18.7. The van der Waals surface area contributed by atoms with E-state index in [2.05, 4.69) is 42.3 Å². The van der Waals surface area contributed by atoms with Gasteiger partial charge in [0, 0.05) is 71.5 Å². The Balaban J connectivity index is 1.35. The average Bonchev–Trinajstić information content (AvgIpc) is 2.83. The Morgan fingerprint density at radius 3 is 2.12 bits per heavy atom. The number of aromatic hydroxyl groups is 1. The van der Waals surface area contributed by atoms with Gasteiger partial charge in [0.05, 0.1) is 0 Å². The van der Waals surface area contributed by atoms with Crippen molar-refractivity contribution < 1.29 is 9.90 Å². The van der Waals surface area contributed by atoms with E-state index in [0.717, 1.165) is 26.2 Å². The fourth-order valence-corrected chi connectivity index (χ4v) is 3.81. The summed E-state index contributed by atoms with van der Waals surface area (Å²) in [6.07, 6.45) is 0. The summed E-state index contributed by atoms with van der Waals surface area (Å²) in [5, 5.41) is 15.8. The Morgan fingerprint density at radius 2 is 1.53 bits per heavy atom. The van der Waals surface area contributed by atoms with Crippen LogP contribution in [0, 0.1) is 0 Å². The fraction of sp³-hybridized carbons (Fsp3) is 0.524. The standard InChI is InChI=1S/C21H31N9O2/c1-22-18-24-19(28-9-7-27(2)8-10-28)26-20(25-18)29-11-13-30(14-12-29)21(32)23-15-16-5-3-4-6-17(16)31/h3-6,31H,7-15H2,1-2H3,(H,23,32)(H,22,24,25,26). The molecule has 172 valence electrons. The number of hydrogen-bond donors (Lipinski definition) is 3. The van der Waals surface area contributed by atoms with E-state index >= 15 is 0 Å². The third-order valence-electron chi connectivity index (χ3n) is 5.89. The molecule has 11 nitrogen and oxygen atoms in total. The molecule has 1 aromatic carbocycles. The highest BCUT2D eigenvalue weighted by molar-refractivity contribution is 5.74. The van der Waals surface area contributed by atoms with Gasteiger partial charge in [-0.3, -0.25) is 0 Å². The second-order valence-electron chi connectivity index (χ2n) is 8.06. The smallest absolute Gasteiger partial charge is 0.317 e. The first-order valence-corrected chi connectivity index (χ1v) is 11.0. The van der Waals surface area contributed by atoms with Crippen molar-refractivity contribution in [2.45, 2.75) is 6.54 Å². The molecule has 4 rings (SSSR count). The number of benzene rings is 1. The Bertz CT molecular complexity index is 925. The number of likely N-dealkylation sites (N-methyl/N-ethyl adjacent to an activating group) is 1. The quantitative estimate of drug-likeness (QED) is 0.607. The molecular weight excluding hydrogens is 410 g/mol. The highest BCUT2D eigenvalue weighted by Gasteiger charge is 2.25. The Labute approximate surface area is 188 Å². The lowest BCUT2D eigenvalue weighted by atomic mass is 10.2. The summed E-state index contributed by atoms with van der Waals surface area (Å²) in [6, 6.07) is 6.87. The number of hydrogen-bond acceptors (Lipinski definition) is 9. The van der Waals surface area contributed by atoms with E-state index in [0.29, 0.717) is 56.1 Å². The van der Waals surface area contributed by atoms with Crippen LogP contribution < -0.4 is 20.4 Å². The third-order valence-corrected chi connectivity index (χ3v) is 5.89. The maximum Gasteiger partial charge on any atom is 0.317 e. The first kappa shape index (κ1) is 21.9. The second-order valence-corrected chi connectivity index (χ2v) is 8.06. The van der Waals surface area contributed by atoms with Gasteiger partial charge in [-0.15, -0.1) is 0 Å². The van der Waals surface area contributed by atoms with E-state index in [1.54, 1.807) is 30.1 Å². The lowest BCUT2D eigenvalue weighted by Crippen LogP contribution is -2.52. The van der Waals surface area contributed by atoms with Crippen LogP contribution >= 0.6 is 0 Å². The number of aromatic nitrogens is 3. The molecule has 3 heterocycles. The van der Waals surface area contributed by atoms with Crippen LogP contribution in [0.25, 0.3) is 0 Å². The van der Waals surface area contributed by atoms with Gasteiger partial charge < -0.3 is 35.3 Å². The molecule has 2 amide bonds. The van der Waals surface area contributed by atoms with E-state index < -0.39 is 0 Å². The Hall–Kier alpha value is -3.34. The van der Waals surface area contributed by atoms with Crippen LogP contribution in [-0.2, 0) is 6.54 Å². The monoisotopic (exact) mass is 441 g/mol. The average molecular weight is 442 g/mol. The molecule has 0 aliphatic carbocycles. The molecule has 1 aromatic heterocycles. The third kappa shape index (κ3) is 5.10. The maximum absolute atomic E-state index is 12.6. The Morgan fingerprint density at radius 1 is 0.938 bits per heavy atom. The summed E-state index contributed by atoms with van der Waals surface area (Å²) in [5.41, 5.74) is 0.695. The molecule has 2 aliphatic rings. The van der Waals surface area contributed by atoms with Gasteiger partial charge in [-0.2, -0.15) is 15.0 Å². The molecule has 3 N–H and O–H groups in total. The fourth-order valence-electron chi connectivity index (χ4n) is 3.81. The van der Waals surface area contributed by atoms with Crippen molar-refractivity contribution in [1.82, 2.24) is 30.1 Å². The molecule has 0 bridgehead atoms. The number of phenolic OH excluding ortho intramolecular Hbond substituents is 1. The number of carbonyl (C=O) groups excluding carboxylic acids is 1. The number of amides is 2. The number of para-hydroxylation sites is 1. The van der Waals surface area contributed by atoms with E-state index in [4.69, 9.17) is 4.98 Å². The van der Waals surface area contributed by atoms with Crippen LogP contribution in [0.2, 0.25) is 0 Å². The van der Waals surface area contributed by atoms with Gasteiger partial charge in [-0.05, 0) is 13.1 Å². The van der Waals surface area contributed by atoms with Gasteiger partial charge in [0.1, 0.15) is 5.75 Å². The second kappa shape index (κ2) is 9.86. The Kier molecular flexibility index (Phi) is 6.74. The number of urea groups is 1. The van der Waals surface area contributed by atoms with E-state index in [1.165, 1.54) is 0 Å². The number of carbonyl (C=O) groups is 1. The van der Waals surface area contributed by atoms with Crippen molar-refractivity contribution in [3.8, 4) is 5.75 Å². The predicted octanol–water partition coefficient (Wildman–Crippen LogP) is 0.403. The number of piperazine rings is 2. The van der Waals surface area contributed by atoms with Crippen LogP contribution in [0.5, 0.6) is 5.75 Å². The molecule has 2 aromatic rings. The first-order chi connectivity index (χ1) is 15.5. The summed E-state index contributed by atoms with van der Waals surface area (Å²) in [7, 11) is 3.92. The van der Waals surface area contributed by atoms with Crippen LogP contribution in [0.3, 0.4) is 0 Å². The molecule has 0 atom stereocenters. The summed E-state index contributed by atoms with van der Waals surface area (Å²) in [6.45, 7) is 6.42. The number of rotatable bonds is 5. The van der Waals surface area contributed by atoms with Crippen LogP contribution in [-0.4, -0.2) is 102 Å². The minimum atomic E-state index is -0.141.